The van der Waals surface area contributed by atoms with Gasteiger partial charge < -0.3 is 5.11 Å². The van der Waals surface area contributed by atoms with Gasteiger partial charge in [0.2, 0.25) is 0 Å². The van der Waals surface area contributed by atoms with Crippen LogP contribution in [-0.4, -0.2) is 10.8 Å². The maximum Gasteiger partial charge on any atom is 0.126 e. The molecular weight excluding hydrogens is 424 g/mol. The number of hydrogen-bond donors (Lipinski definition) is 2. The van der Waals surface area contributed by atoms with Gasteiger partial charge in [-0.2, -0.15) is 0 Å². The minimum Gasteiger partial charge on any atom is -0.508 e. The van der Waals surface area contributed by atoms with E-state index in [2.05, 4.69) is 33.4 Å². The average Bonchev–Trinajstić information content (AvgIpc) is 2.69. The van der Waals surface area contributed by atoms with Crippen molar-refractivity contribution in [3.63, 3.8) is 0 Å². The van der Waals surface area contributed by atoms with Gasteiger partial charge in [0.15, 0.2) is 0 Å². The predicted octanol–water partition coefficient (Wildman–Crippen LogP) is 6.03. The second-order valence-electron chi connectivity index (χ2n) is 6.52. The van der Waals surface area contributed by atoms with E-state index < -0.39 is 0 Å². The Balaban J connectivity index is 1.75. The third-order valence-electron chi connectivity index (χ3n) is 4.72. The van der Waals surface area contributed by atoms with Crippen LogP contribution in [0.25, 0.3) is 0 Å². The standard InChI is InChI=1S/C22H18BrClN2O/c23-16-9-5-14(6-10-16)19-13-20(18-3-1-2-4-21(18)27)26-22(25-19)15-7-11-17(24)12-8-15/h1-12,20,22,26-27H,13H2/t20-,22-/m0/s1. The molecule has 136 valence electrons. The molecule has 4 rings (SSSR count). The van der Waals surface area contributed by atoms with E-state index in [1.54, 1.807) is 6.07 Å². The number of hydrogen-bond acceptors (Lipinski definition) is 3. The van der Waals surface area contributed by atoms with Gasteiger partial charge in [-0.05, 0) is 41.5 Å². The van der Waals surface area contributed by atoms with Crippen molar-refractivity contribution in [2.75, 3.05) is 0 Å². The van der Waals surface area contributed by atoms with E-state index in [-0.39, 0.29) is 12.2 Å². The number of nitrogens with one attached hydrogen (secondary N) is 1. The normalized spacial score (nSPS) is 19.6. The van der Waals surface area contributed by atoms with Gasteiger partial charge in [-0.15, -0.1) is 0 Å². The number of halogens is 2. The van der Waals surface area contributed by atoms with E-state index in [4.69, 9.17) is 16.6 Å². The van der Waals surface area contributed by atoms with Crippen molar-refractivity contribution in [2.45, 2.75) is 18.6 Å². The Hall–Kier alpha value is -2.14. The summed E-state index contributed by atoms with van der Waals surface area (Å²) >= 11 is 9.53. The van der Waals surface area contributed by atoms with Crippen molar-refractivity contribution < 1.29 is 5.11 Å². The highest BCUT2D eigenvalue weighted by molar-refractivity contribution is 9.10. The van der Waals surface area contributed by atoms with Crippen molar-refractivity contribution >= 4 is 33.2 Å². The number of phenols is 1. The lowest BCUT2D eigenvalue weighted by Crippen LogP contribution is -2.33. The summed E-state index contributed by atoms with van der Waals surface area (Å²) in [5.74, 6) is 0.293. The van der Waals surface area contributed by atoms with Crippen LogP contribution >= 0.6 is 27.5 Å². The molecule has 0 aliphatic carbocycles. The summed E-state index contributed by atoms with van der Waals surface area (Å²) in [5.41, 5.74) is 4.00. The Morgan fingerprint density at radius 3 is 2.37 bits per heavy atom. The summed E-state index contributed by atoms with van der Waals surface area (Å²) in [7, 11) is 0. The summed E-state index contributed by atoms with van der Waals surface area (Å²) in [5, 5.41) is 14.6. The molecule has 0 amide bonds. The van der Waals surface area contributed by atoms with Gasteiger partial charge >= 0.3 is 0 Å². The zero-order chi connectivity index (χ0) is 18.8. The molecule has 5 heteroatoms. The second kappa shape index (κ2) is 7.85. The summed E-state index contributed by atoms with van der Waals surface area (Å²) in [4.78, 5) is 4.95. The van der Waals surface area contributed by atoms with Crippen LogP contribution in [0.5, 0.6) is 5.75 Å². The third kappa shape index (κ3) is 4.08. The Kier molecular flexibility index (Phi) is 5.30. The summed E-state index contributed by atoms with van der Waals surface area (Å²) in [6, 6.07) is 23.3. The Morgan fingerprint density at radius 1 is 0.963 bits per heavy atom. The topological polar surface area (TPSA) is 44.6 Å². The molecule has 0 saturated carbocycles. The summed E-state index contributed by atoms with van der Waals surface area (Å²) in [6.07, 6.45) is 0.489. The van der Waals surface area contributed by atoms with E-state index in [1.807, 2.05) is 54.6 Å². The molecule has 3 aromatic rings. The molecule has 3 nitrogen and oxygen atoms in total. The van der Waals surface area contributed by atoms with E-state index in [9.17, 15) is 5.11 Å². The molecule has 0 unspecified atom stereocenters. The monoisotopic (exact) mass is 440 g/mol. The SMILES string of the molecule is Oc1ccccc1[C@@H]1CC(c2ccc(Br)cc2)=N[C@H](c2ccc(Cl)cc2)N1. The lowest BCUT2D eigenvalue weighted by atomic mass is 9.93. The molecular formula is C22H18BrClN2O. The van der Waals surface area contributed by atoms with Gasteiger partial charge in [0.1, 0.15) is 11.9 Å². The average molecular weight is 442 g/mol. The van der Waals surface area contributed by atoms with Crippen molar-refractivity contribution in [2.24, 2.45) is 4.99 Å². The maximum atomic E-state index is 10.3. The molecule has 0 saturated heterocycles. The predicted molar refractivity (Wildman–Crippen MR) is 113 cm³/mol. The number of benzene rings is 3. The molecule has 3 aromatic carbocycles. The van der Waals surface area contributed by atoms with Crippen LogP contribution in [0.4, 0.5) is 0 Å². The highest BCUT2D eigenvalue weighted by atomic mass is 79.9. The van der Waals surface area contributed by atoms with E-state index in [0.717, 1.165) is 26.9 Å². The van der Waals surface area contributed by atoms with Crippen molar-refractivity contribution in [1.29, 1.82) is 0 Å². The Bertz CT molecular complexity index is 970. The van der Waals surface area contributed by atoms with Gasteiger partial charge in [0.05, 0.1) is 0 Å². The Morgan fingerprint density at radius 2 is 1.67 bits per heavy atom. The third-order valence-corrected chi connectivity index (χ3v) is 5.50. The maximum absolute atomic E-state index is 10.3. The second-order valence-corrected chi connectivity index (χ2v) is 7.87. The fourth-order valence-electron chi connectivity index (χ4n) is 3.32. The zero-order valence-electron chi connectivity index (χ0n) is 14.4. The minimum absolute atomic E-state index is 0.0389. The molecule has 2 atom stereocenters. The molecule has 0 bridgehead atoms. The number of aromatic hydroxyl groups is 1. The summed E-state index contributed by atoms with van der Waals surface area (Å²) in [6.45, 7) is 0. The molecule has 0 fully saturated rings. The first-order valence-corrected chi connectivity index (χ1v) is 9.89. The lowest BCUT2D eigenvalue weighted by Gasteiger charge is -2.31. The van der Waals surface area contributed by atoms with Gasteiger partial charge in [0, 0.05) is 33.2 Å². The molecule has 1 heterocycles. The molecule has 1 aliphatic heterocycles. The Labute approximate surface area is 171 Å². The van der Waals surface area contributed by atoms with Crippen LogP contribution in [0.2, 0.25) is 5.02 Å². The highest BCUT2D eigenvalue weighted by Crippen LogP contribution is 2.34. The van der Waals surface area contributed by atoms with E-state index >= 15 is 0 Å². The number of phenolic OH excluding ortho intramolecular Hbond substituents is 1. The first kappa shape index (κ1) is 18.2. The van der Waals surface area contributed by atoms with Crippen LogP contribution in [-0.2, 0) is 0 Å². The lowest BCUT2D eigenvalue weighted by molar-refractivity contribution is 0.413. The molecule has 1 aliphatic rings. The minimum atomic E-state index is -0.209. The first-order chi connectivity index (χ1) is 13.1. The van der Waals surface area contributed by atoms with Crippen LogP contribution in [0, 0.1) is 0 Å². The first-order valence-electron chi connectivity index (χ1n) is 8.72. The van der Waals surface area contributed by atoms with Crippen molar-refractivity contribution in [3.8, 4) is 5.75 Å². The quantitative estimate of drug-likeness (QED) is 0.521. The van der Waals surface area contributed by atoms with Crippen LogP contribution in [0.15, 0.2) is 82.3 Å². The molecule has 0 spiro atoms. The number of nitrogens with zero attached hydrogens (tertiary/aromatic N) is 1. The number of para-hydroxylation sites is 1. The van der Waals surface area contributed by atoms with Crippen LogP contribution < -0.4 is 5.32 Å². The largest absolute Gasteiger partial charge is 0.508 e. The fraction of sp³-hybridized carbons (Fsp3) is 0.136. The van der Waals surface area contributed by atoms with Crippen molar-refractivity contribution in [1.82, 2.24) is 5.32 Å². The zero-order valence-corrected chi connectivity index (χ0v) is 16.8. The highest BCUT2D eigenvalue weighted by Gasteiger charge is 2.27. The fourth-order valence-corrected chi connectivity index (χ4v) is 3.71. The number of aliphatic imine (C=N–C) groups is 1. The smallest absolute Gasteiger partial charge is 0.126 e. The van der Waals surface area contributed by atoms with Crippen LogP contribution in [0.1, 0.15) is 35.3 Å². The molecule has 0 radical (unpaired) electrons. The van der Waals surface area contributed by atoms with Gasteiger partial charge in [0.25, 0.3) is 0 Å². The van der Waals surface area contributed by atoms with Crippen molar-refractivity contribution in [3.05, 3.63) is 99.0 Å². The molecule has 27 heavy (non-hydrogen) atoms. The van der Waals surface area contributed by atoms with Gasteiger partial charge in [-0.3, -0.25) is 10.3 Å². The van der Waals surface area contributed by atoms with Gasteiger partial charge in [-0.1, -0.05) is 70.0 Å². The summed E-state index contributed by atoms with van der Waals surface area (Å²) < 4.78 is 1.03. The van der Waals surface area contributed by atoms with E-state index in [1.165, 1.54) is 0 Å². The molecule has 0 aromatic heterocycles. The van der Waals surface area contributed by atoms with Crippen LogP contribution in [0.3, 0.4) is 0 Å². The number of rotatable bonds is 3. The van der Waals surface area contributed by atoms with Gasteiger partial charge in [-0.25, -0.2) is 0 Å². The molecule has 2 N–H and O–H groups in total. The van der Waals surface area contributed by atoms with E-state index in [0.29, 0.717) is 17.2 Å².